The van der Waals surface area contributed by atoms with E-state index >= 15 is 0 Å². The highest BCUT2D eigenvalue weighted by Crippen LogP contribution is 2.21. The van der Waals surface area contributed by atoms with E-state index in [4.69, 9.17) is 16.6 Å². The highest BCUT2D eigenvalue weighted by molar-refractivity contribution is 14.0. The quantitative estimate of drug-likeness (QED) is 0.383. The van der Waals surface area contributed by atoms with Gasteiger partial charge in [-0.2, -0.15) is 5.10 Å². The number of guanidine groups is 1. The second-order valence-electron chi connectivity index (χ2n) is 6.90. The highest BCUT2D eigenvalue weighted by Gasteiger charge is 2.20. The molecule has 6 nitrogen and oxygen atoms in total. The predicted molar refractivity (Wildman–Crippen MR) is 128 cm³/mol. The zero-order valence-electron chi connectivity index (χ0n) is 17.1. The summed E-state index contributed by atoms with van der Waals surface area (Å²) in [5.41, 5.74) is 4.63. The van der Waals surface area contributed by atoms with Crippen LogP contribution >= 0.6 is 35.6 Å². The number of nitrogens with zero attached hydrogens (tertiary/aromatic N) is 5. The van der Waals surface area contributed by atoms with Crippen molar-refractivity contribution >= 4 is 47.2 Å². The van der Waals surface area contributed by atoms with Crippen molar-refractivity contribution in [2.24, 2.45) is 12.0 Å². The first-order valence-corrected chi connectivity index (χ1v) is 9.90. The van der Waals surface area contributed by atoms with E-state index < -0.39 is 0 Å². The molecule has 1 aromatic heterocycles. The molecule has 28 heavy (non-hydrogen) atoms. The van der Waals surface area contributed by atoms with Gasteiger partial charge in [-0.05, 0) is 39.0 Å². The lowest BCUT2D eigenvalue weighted by molar-refractivity contribution is 0.372. The predicted octanol–water partition coefficient (Wildman–Crippen LogP) is 3.60. The van der Waals surface area contributed by atoms with Gasteiger partial charge in [-0.25, -0.2) is 4.99 Å². The molecule has 0 atom stereocenters. The maximum absolute atomic E-state index is 6.14. The van der Waals surface area contributed by atoms with Gasteiger partial charge in [0.15, 0.2) is 5.96 Å². The minimum absolute atomic E-state index is 0. The molecule has 0 bridgehead atoms. The van der Waals surface area contributed by atoms with E-state index in [0.29, 0.717) is 6.54 Å². The first kappa shape index (κ1) is 22.8. The van der Waals surface area contributed by atoms with Crippen LogP contribution in [-0.4, -0.2) is 53.4 Å². The van der Waals surface area contributed by atoms with Crippen LogP contribution in [0.25, 0.3) is 0 Å². The number of aliphatic imine (C=N–C) groups is 1. The molecule has 1 fully saturated rings. The van der Waals surface area contributed by atoms with Gasteiger partial charge in [-0.1, -0.05) is 17.7 Å². The van der Waals surface area contributed by atoms with Gasteiger partial charge in [0.2, 0.25) is 0 Å². The molecule has 0 radical (unpaired) electrons. The van der Waals surface area contributed by atoms with E-state index in [1.165, 1.54) is 16.9 Å². The number of hydrogen-bond donors (Lipinski definition) is 1. The van der Waals surface area contributed by atoms with Crippen molar-refractivity contribution < 1.29 is 0 Å². The number of halogens is 2. The Labute approximate surface area is 190 Å². The molecule has 0 aliphatic carbocycles. The molecule has 154 valence electrons. The lowest BCUT2D eigenvalue weighted by Gasteiger charge is -2.37. The van der Waals surface area contributed by atoms with Crippen LogP contribution in [0.2, 0.25) is 5.02 Å². The maximum Gasteiger partial charge on any atom is 0.194 e. The summed E-state index contributed by atoms with van der Waals surface area (Å²) < 4.78 is 1.93. The summed E-state index contributed by atoms with van der Waals surface area (Å²) in [6.07, 6.45) is 0. The van der Waals surface area contributed by atoms with Crippen molar-refractivity contribution in [2.45, 2.75) is 27.3 Å². The average molecular weight is 517 g/mol. The lowest BCUT2D eigenvalue weighted by Crippen LogP contribution is -2.52. The van der Waals surface area contributed by atoms with Gasteiger partial charge >= 0.3 is 0 Å². The summed E-state index contributed by atoms with van der Waals surface area (Å²) in [6, 6.07) is 8.08. The smallest absolute Gasteiger partial charge is 0.194 e. The first-order chi connectivity index (χ1) is 13.0. The Bertz CT molecular complexity index is 811. The van der Waals surface area contributed by atoms with Crippen LogP contribution < -0.4 is 10.2 Å². The van der Waals surface area contributed by atoms with Gasteiger partial charge in [0.25, 0.3) is 0 Å². The van der Waals surface area contributed by atoms with E-state index in [1.54, 1.807) is 0 Å². The molecule has 1 aliphatic heterocycles. The van der Waals surface area contributed by atoms with Crippen molar-refractivity contribution in [1.82, 2.24) is 20.0 Å². The molecule has 2 heterocycles. The van der Waals surface area contributed by atoms with Crippen LogP contribution in [0.5, 0.6) is 0 Å². The fourth-order valence-corrected chi connectivity index (χ4v) is 3.66. The molecule has 0 amide bonds. The van der Waals surface area contributed by atoms with E-state index in [9.17, 15) is 0 Å². The molecular formula is C20H30ClIN6. The Morgan fingerprint density at radius 1 is 1.21 bits per heavy atom. The topological polar surface area (TPSA) is 48.7 Å². The molecule has 0 spiro atoms. The second kappa shape index (κ2) is 10.3. The Morgan fingerprint density at radius 2 is 1.93 bits per heavy atom. The van der Waals surface area contributed by atoms with Gasteiger partial charge in [0, 0.05) is 61.7 Å². The van der Waals surface area contributed by atoms with Gasteiger partial charge < -0.3 is 15.1 Å². The first-order valence-electron chi connectivity index (χ1n) is 9.52. The molecular weight excluding hydrogens is 487 g/mol. The third-order valence-electron chi connectivity index (χ3n) is 5.13. The van der Waals surface area contributed by atoms with E-state index in [-0.39, 0.29) is 24.0 Å². The standard InChI is InChI=1S/C20H29ClN6.HI/c1-5-22-20(23-14-19-15(2)24-25(4)16(19)3)27-11-9-26(10-12-27)18-8-6-7-17(21)13-18;/h6-8,13H,5,9-12,14H2,1-4H3,(H,22,23);1H. The molecule has 0 saturated carbocycles. The van der Waals surface area contributed by atoms with Crippen LogP contribution in [-0.2, 0) is 13.6 Å². The number of benzene rings is 1. The maximum atomic E-state index is 6.14. The van der Waals surface area contributed by atoms with Gasteiger partial charge in [0.05, 0.1) is 12.2 Å². The number of hydrogen-bond acceptors (Lipinski definition) is 3. The molecule has 0 unspecified atom stereocenters. The van der Waals surface area contributed by atoms with Crippen LogP contribution in [0.1, 0.15) is 23.9 Å². The van der Waals surface area contributed by atoms with E-state index in [2.05, 4.69) is 47.1 Å². The minimum Gasteiger partial charge on any atom is -0.368 e. The summed E-state index contributed by atoms with van der Waals surface area (Å²) in [5.74, 6) is 0.978. The summed E-state index contributed by atoms with van der Waals surface area (Å²) in [7, 11) is 1.98. The number of aryl methyl sites for hydroxylation is 2. The zero-order valence-corrected chi connectivity index (χ0v) is 20.2. The monoisotopic (exact) mass is 516 g/mol. The number of piperazine rings is 1. The van der Waals surface area contributed by atoms with Crippen LogP contribution in [0, 0.1) is 13.8 Å². The molecule has 1 aromatic carbocycles. The van der Waals surface area contributed by atoms with Crippen molar-refractivity contribution in [3.63, 3.8) is 0 Å². The average Bonchev–Trinajstić information content (AvgIpc) is 2.91. The number of nitrogens with one attached hydrogen (secondary N) is 1. The summed E-state index contributed by atoms with van der Waals surface area (Å²) in [5, 5.41) is 8.72. The third kappa shape index (κ3) is 5.31. The molecule has 1 saturated heterocycles. The van der Waals surface area contributed by atoms with Gasteiger partial charge in [-0.3, -0.25) is 4.68 Å². The van der Waals surface area contributed by atoms with Gasteiger partial charge in [-0.15, -0.1) is 24.0 Å². The SMILES string of the molecule is CCNC(=NCc1c(C)nn(C)c1C)N1CCN(c2cccc(Cl)c2)CC1.I. The minimum atomic E-state index is 0. The van der Waals surface area contributed by atoms with Crippen molar-refractivity contribution in [3.8, 4) is 0 Å². The van der Waals surface area contributed by atoms with Crippen LogP contribution in [0.15, 0.2) is 29.3 Å². The number of aromatic nitrogens is 2. The molecule has 1 N–H and O–H groups in total. The number of anilines is 1. The second-order valence-corrected chi connectivity index (χ2v) is 7.33. The Morgan fingerprint density at radius 3 is 2.50 bits per heavy atom. The summed E-state index contributed by atoms with van der Waals surface area (Å²) in [4.78, 5) is 9.61. The molecule has 8 heteroatoms. The third-order valence-corrected chi connectivity index (χ3v) is 5.37. The fourth-order valence-electron chi connectivity index (χ4n) is 3.48. The molecule has 2 aromatic rings. The Balaban J connectivity index is 0.00000280. The van der Waals surface area contributed by atoms with E-state index in [0.717, 1.165) is 49.4 Å². The highest BCUT2D eigenvalue weighted by atomic mass is 127. The molecule has 1 aliphatic rings. The molecule has 3 rings (SSSR count). The largest absolute Gasteiger partial charge is 0.368 e. The van der Waals surface area contributed by atoms with Gasteiger partial charge in [0.1, 0.15) is 0 Å². The van der Waals surface area contributed by atoms with Crippen LogP contribution in [0.4, 0.5) is 5.69 Å². The zero-order chi connectivity index (χ0) is 19.4. The van der Waals surface area contributed by atoms with Crippen LogP contribution in [0.3, 0.4) is 0 Å². The van der Waals surface area contributed by atoms with Crippen molar-refractivity contribution in [2.75, 3.05) is 37.6 Å². The van der Waals surface area contributed by atoms with Crippen molar-refractivity contribution in [1.29, 1.82) is 0 Å². The summed E-state index contributed by atoms with van der Waals surface area (Å²) in [6.45, 7) is 11.5. The lowest BCUT2D eigenvalue weighted by atomic mass is 10.2. The normalized spacial score (nSPS) is 14.8. The number of rotatable bonds is 4. The summed E-state index contributed by atoms with van der Waals surface area (Å²) >= 11 is 6.14. The van der Waals surface area contributed by atoms with Crippen molar-refractivity contribution in [3.05, 3.63) is 46.2 Å². The Kier molecular flexibility index (Phi) is 8.42. The fraction of sp³-hybridized carbons (Fsp3) is 0.500. The van der Waals surface area contributed by atoms with E-state index in [1.807, 2.05) is 29.9 Å². The Hall–Kier alpha value is -1.48.